The molecule has 0 saturated carbocycles. The molecule has 20 heavy (non-hydrogen) atoms. The summed E-state index contributed by atoms with van der Waals surface area (Å²) in [5, 5.41) is 0. The van der Waals surface area contributed by atoms with Crippen LogP contribution in [0.4, 0.5) is 0 Å². The Morgan fingerprint density at radius 1 is 1.35 bits per heavy atom. The van der Waals surface area contributed by atoms with Crippen molar-refractivity contribution in [1.29, 1.82) is 0 Å². The van der Waals surface area contributed by atoms with Crippen LogP contribution in [0.15, 0.2) is 23.1 Å². The molecule has 0 bridgehead atoms. The predicted molar refractivity (Wildman–Crippen MR) is 79.6 cm³/mol. The van der Waals surface area contributed by atoms with E-state index in [0.29, 0.717) is 17.2 Å². The molecule has 1 aromatic rings. The molecule has 1 heterocycles. The van der Waals surface area contributed by atoms with Gasteiger partial charge in [0.25, 0.3) is 0 Å². The van der Waals surface area contributed by atoms with Crippen molar-refractivity contribution < 1.29 is 13.2 Å². The minimum atomic E-state index is -3.48. The van der Waals surface area contributed by atoms with E-state index in [2.05, 4.69) is 0 Å². The van der Waals surface area contributed by atoms with E-state index < -0.39 is 10.0 Å². The summed E-state index contributed by atoms with van der Waals surface area (Å²) in [4.78, 5) is 0.292. The number of benzene rings is 1. The molecule has 1 aromatic carbocycles. The molecule has 0 N–H and O–H groups in total. The Hall–Kier alpha value is -1.07. The summed E-state index contributed by atoms with van der Waals surface area (Å²) in [5.41, 5.74) is 0.925. The summed E-state index contributed by atoms with van der Waals surface area (Å²) in [6.45, 7) is 4.55. The lowest BCUT2D eigenvalue weighted by Gasteiger charge is -2.34. The third-order valence-electron chi connectivity index (χ3n) is 3.95. The van der Waals surface area contributed by atoms with Crippen molar-refractivity contribution in [3.8, 4) is 5.75 Å². The molecule has 0 radical (unpaired) electrons. The molecule has 1 aliphatic heterocycles. The number of sulfonamides is 1. The summed E-state index contributed by atoms with van der Waals surface area (Å²) in [5.74, 6) is 0.427. The highest BCUT2D eigenvalue weighted by Crippen LogP contribution is 2.32. The van der Waals surface area contributed by atoms with Gasteiger partial charge >= 0.3 is 0 Å². The quantitative estimate of drug-likeness (QED) is 0.858. The molecular formula is C15H23NO3S. The van der Waals surface area contributed by atoms with Crippen molar-refractivity contribution in [3.63, 3.8) is 0 Å². The fourth-order valence-corrected chi connectivity index (χ4v) is 4.82. The highest BCUT2D eigenvalue weighted by molar-refractivity contribution is 7.89. The summed E-state index contributed by atoms with van der Waals surface area (Å²) in [6.07, 6.45) is 3.84. The van der Waals surface area contributed by atoms with Gasteiger partial charge in [0.2, 0.25) is 10.0 Å². The van der Waals surface area contributed by atoms with Crippen LogP contribution in [0, 0.1) is 6.92 Å². The second-order valence-electron chi connectivity index (χ2n) is 5.33. The van der Waals surface area contributed by atoms with Gasteiger partial charge in [-0.25, -0.2) is 8.42 Å². The van der Waals surface area contributed by atoms with Gasteiger partial charge in [0.15, 0.2) is 0 Å². The van der Waals surface area contributed by atoms with E-state index in [4.69, 9.17) is 4.74 Å². The number of hydrogen-bond donors (Lipinski definition) is 0. The molecule has 1 unspecified atom stereocenters. The van der Waals surface area contributed by atoms with Crippen LogP contribution < -0.4 is 4.74 Å². The van der Waals surface area contributed by atoms with Crippen LogP contribution in [-0.2, 0) is 10.0 Å². The Balaban J connectivity index is 2.46. The second-order valence-corrected chi connectivity index (χ2v) is 7.19. The first kappa shape index (κ1) is 15.3. The number of ether oxygens (including phenoxy) is 1. The second kappa shape index (κ2) is 6.14. The smallest absolute Gasteiger partial charge is 0.247 e. The van der Waals surface area contributed by atoms with Gasteiger partial charge in [-0.05, 0) is 43.9 Å². The van der Waals surface area contributed by atoms with Crippen LogP contribution >= 0.6 is 0 Å². The van der Waals surface area contributed by atoms with Crippen molar-refractivity contribution in [1.82, 2.24) is 4.31 Å². The van der Waals surface area contributed by atoms with Gasteiger partial charge in [-0.15, -0.1) is 0 Å². The fourth-order valence-electron chi connectivity index (χ4n) is 2.81. The first-order valence-electron chi connectivity index (χ1n) is 7.17. The van der Waals surface area contributed by atoms with Crippen molar-refractivity contribution in [2.45, 2.75) is 50.5 Å². The van der Waals surface area contributed by atoms with Gasteiger partial charge < -0.3 is 4.74 Å². The molecule has 4 nitrogen and oxygen atoms in total. The largest absolute Gasteiger partial charge is 0.495 e. The normalized spacial score (nSPS) is 20.9. The molecule has 5 heteroatoms. The van der Waals surface area contributed by atoms with Crippen molar-refractivity contribution in [3.05, 3.63) is 23.8 Å². The Morgan fingerprint density at radius 2 is 2.10 bits per heavy atom. The van der Waals surface area contributed by atoms with E-state index >= 15 is 0 Å². The first-order valence-corrected chi connectivity index (χ1v) is 8.61. The minimum Gasteiger partial charge on any atom is -0.495 e. The van der Waals surface area contributed by atoms with Crippen LogP contribution in [0.2, 0.25) is 0 Å². The summed E-state index contributed by atoms with van der Waals surface area (Å²) >= 11 is 0. The van der Waals surface area contributed by atoms with Crippen molar-refractivity contribution in [2.24, 2.45) is 0 Å². The summed E-state index contributed by atoms with van der Waals surface area (Å²) < 4.78 is 32.8. The molecule has 1 aliphatic rings. The molecule has 112 valence electrons. The van der Waals surface area contributed by atoms with E-state index in [0.717, 1.165) is 31.2 Å². The highest BCUT2D eigenvalue weighted by Gasteiger charge is 2.34. The van der Waals surface area contributed by atoms with Gasteiger partial charge in [-0.1, -0.05) is 19.4 Å². The van der Waals surface area contributed by atoms with Crippen molar-refractivity contribution in [2.75, 3.05) is 13.7 Å². The highest BCUT2D eigenvalue weighted by atomic mass is 32.2. The Kier molecular flexibility index (Phi) is 4.70. The van der Waals surface area contributed by atoms with Crippen LogP contribution in [-0.4, -0.2) is 32.4 Å². The van der Waals surface area contributed by atoms with Gasteiger partial charge in [-0.3, -0.25) is 0 Å². The van der Waals surface area contributed by atoms with E-state index in [-0.39, 0.29) is 6.04 Å². The van der Waals surface area contributed by atoms with Gasteiger partial charge in [-0.2, -0.15) is 4.31 Å². The standard InChI is InChI=1S/C15H23NO3S/c1-4-13-7-5-6-10-16(13)20(17,18)15-11-12(2)8-9-14(15)19-3/h8-9,11,13H,4-7,10H2,1-3H3. The lowest BCUT2D eigenvalue weighted by Crippen LogP contribution is -2.43. The number of piperidine rings is 1. The average molecular weight is 297 g/mol. The number of hydrogen-bond acceptors (Lipinski definition) is 3. The van der Waals surface area contributed by atoms with Crippen LogP contribution in [0.25, 0.3) is 0 Å². The number of aryl methyl sites for hydroxylation is 1. The SMILES string of the molecule is CCC1CCCCN1S(=O)(=O)c1cc(C)ccc1OC. The number of nitrogens with zero attached hydrogens (tertiary/aromatic N) is 1. The van der Waals surface area contributed by atoms with E-state index in [1.54, 1.807) is 16.4 Å². The number of rotatable bonds is 4. The monoisotopic (exact) mass is 297 g/mol. The van der Waals surface area contributed by atoms with Gasteiger partial charge in [0, 0.05) is 12.6 Å². The molecular weight excluding hydrogens is 274 g/mol. The Morgan fingerprint density at radius 3 is 2.75 bits per heavy atom. The van der Waals surface area contributed by atoms with Crippen molar-refractivity contribution >= 4 is 10.0 Å². The Labute approximate surface area is 121 Å². The molecule has 0 aromatic heterocycles. The average Bonchev–Trinajstić information content (AvgIpc) is 2.47. The summed E-state index contributed by atoms with van der Waals surface area (Å²) in [7, 11) is -1.97. The van der Waals surface area contributed by atoms with E-state index in [1.807, 2.05) is 19.9 Å². The van der Waals surface area contributed by atoms with Gasteiger partial charge in [0.1, 0.15) is 10.6 Å². The zero-order chi connectivity index (χ0) is 14.8. The molecule has 1 fully saturated rings. The predicted octanol–water partition coefficient (Wildman–Crippen LogP) is 2.96. The maximum absolute atomic E-state index is 12.9. The zero-order valence-electron chi connectivity index (χ0n) is 12.4. The summed E-state index contributed by atoms with van der Waals surface area (Å²) in [6, 6.07) is 5.41. The topological polar surface area (TPSA) is 46.6 Å². The maximum Gasteiger partial charge on any atom is 0.247 e. The molecule has 0 aliphatic carbocycles. The van der Waals surface area contributed by atoms with Crippen LogP contribution in [0.1, 0.15) is 38.2 Å². The lowest BCUT2D eigenvalue weighted by molar-refractivity contribution is 0.246. The van der Waals surface area contributed by atoms with Crippen LogP contribution in [0.5, 0.6) is 5.75 Å². The third-order valence-corrected chi connectivity index (χ3v) is 5.92. The molecule has 0 spiro atoms. The molecule has 0 amide bonds. The maximum atomic E-state index is 12.9. The number of methoxy groups -OCH3 is 1. The van der Waals surface area contributed by atoms with E-state index in [1.165, 1.54) is 7.11 Å². The fraction of sp³-hybridized carbons (Fsp3) is 0.600. The minimum absolute atomic E-state index is 0.110. The third kappa shape index (κ3) is 2.83. The lowest BCUT2D eigenvalue weighted by atomic mass is 10.0. The van der Waals surface area contributed by atoms with Crippen LogP contribution in [0.3, 0.4) is 0 Å². The Bertz CT molecular complexity index is 568. The molecule has 1 atom stereocenters. The molecule has 1 saturated heterocycles. The van der Waals surface area contributed by atoms with E-state index in [9.17, 15) is 8.42 Å². The first-order chi connectivity index (χ1) is 9.50. The molecule has 2 rings (SSSR count). The zero-order valence-corrected chi connectivity index (χ0v) is 13.2. The van der Waals surface area contributed by atoms with Gasteiger partial charge in [0.05, 0.1) is 7.11 Å².